The minimum atomic E-state index is -1.50. The van der Waals surface area contributed by atoms with E-state index in [4.69, 9.17) is 15.6 Å². The summed E-state index contributed by atoms with van der Waals surface area (Å²) >= 11 is 0. The minimum Gasteiger partial charge on any atom is -0.491 e. The Kier molecular flexibility index (Phi) is 3.64. The second-order valence-electron chi connectivity index (χ2n) is 3.76. The van der Waals surface area contributed by atoms with Gasteiger partial charge in [-0.3, -0.25) is 14.9 Å². The topological polar surface area (TPSA) is 116 Å². The lowest BCUT2D eigenvalue weighted by atomic mass is 10.1. The maximum absolute atomic E-state index is 10.7. The first-order valence-electron chi connectivity index (χ1n) is 4.72. The highest BCUT2D eigenvalue weighted by atomic mass is 16.6. The zero-order valence-electron chi connectivity index (χ0n) is 9.12. The van der Waals surface area contributed by atoms with Crippen LogP contribution in [0.15, 0.2) is 24.3 Å². The second kappa shape index (κ2) is 4.79. The van der Waals surface area contributed by atoms with Gasteiger partial charge in [0, 0.05) is 12.1 Å². The van der Waals surface area contributed by atoms with Gasteiger partial charge in [-0.15, -0.1) is 0 Å². The number of carboxylic acids is 1. The monoisotopic (exact) mass is 240 g/mol. The van der Waals surface area contributed by atoms with Crippen molar-refractivity contribution < 1.29 is 19.6 Å². The number of benzene rings is 1. The molecule has 0 saturated carbocycles. The smallest absolute Gasteiger partial charge is 0.326 e. The molecule has 0 aliphatic rings. The number of nitro benzene ring substituents is 1. The van der Waals surface area contributed by atoms with Gasteiger partial charge in [-0.25, -0.2) is 0 Å². The summed E-state index contributed by atoms with van der Waals surface area (Å²) in [5, 5.41) is 19.1. The fourth-order valence-corrected chi connectivity index (χ4v) is 0.959. The highest BCUT2D eigenvalue weighted by Crippen LogP contribution is 2.18. The lowest BCUT2D eigenvalue weighted by Crippen LogP contribution is -2.49. The van der Waals surface area contributed by atoms with Gasteiger partial charge < -0.3 is 15.6 Å². The highest BCUT2D eigenvalue weighted by molar-refractivity contribution is 5.78. The molecule has 1 unspecified atom stereocenters. The fraction of sp³-hybridized carbons (Fsp3) is 0.300. The van der Waals surface area contributed by atoms with E-state index in [1.807, 2.05) is 0 Å². The molecule has 0 aromatic heterocycles. The van der Waals surface area contributed by atoms with E-state index >= 15 is 0 Å². The number of nitrogens with two attached hydrogens (primary N) is 1. The summed E-state index contributed by atoms with van der Waals surface area (Å²) in [5.74, 6) is -0.854. The molecule has 0 heterocycles. The predicted octanol–water partition coefficient (Wildman–Crippen LogP) is 0.776. The Morgan fingerprint density at radius 1 is 1.53 bits per heavy atom. The second-order valence-corrected chi connectivity index (χ2v) is 3.76. The Balaban J connectivity index is 2.65. The van der Waals surface area contributed by atoms with Crippen LogP contribution in [0.3, 0.4) is 0 Å². The number of carboxylic acid groups (broad SMARTS) is 1. The Hall–Kier alpha value is -2.15. The molecular formula is C10H12N2O5. The van der Waals surface area contributed by atoms with Crippen molar-refractivity contribution in [1.29, 1.82) is 0 Å². The molecule has 0 radical (unpaired) electrons. The zero-order chi connectivity index (χ0) is 13.1. The third-order valence-electron chi connectivity index (χ3n) is 2.07. The molecule has 17 heavy (non-hydrogen) atoms. The van der Waals surface area contributed by atoms with Crippen LogP contribution in [0.5, 0.6) is 5.75 Å². The van der Waals surface area contributed by atoms with Crippen LogP contribution < -0.4 is 10.5 Å². The van der Waals surface area contributed by atoms with E-state index in [0.717, 1.165) is 0 Å². The van der Waals surface area contributed by atoms with Gasteiger partial charge in [-0.1, -0.05) is 0 Å². The first kappa shape index (κ1) is 12.9. The zero-order valence-corrected chi connectivity index (χ0v) is 9.12. The lowest BCUT2D eigenvalue weighted by Gasteiger charge is -2.19. The van der Waals surface area contributed by atoms with Gasteiger partial charge in [-0.2, -0.15) is 0 Å². The van der Waals surface area contributed by atoms with Gasteiger partial charge in [0.1, 0.15) is 17.9 Å². The molecule has 0 amide bonds. The molecule has 1 aromatic rings. The number of rotatable bonds is 5. The van der Waals surface area contributed by atoms with E-state index < -0.39 is 16.4 Å². The van der Waals surface area contributed by atoms with Crippen molar-refractivity contribution >= 4 is 11.7 Å². The minimum absolute atomic E-state index is 0.0638. The molecule has 1 atom stereocenters. The summed E-state index contributed by atoms with van der Waals surface area (Å²) in [6.45, 7) is 1.10. The predicted molar refractivity (Wildman–Crippen MR) is 58.8 cm³/mol. The molecule has 0 aliphatic heterocycles. The van der Waals surface area contributed by atoms with Crippen molar-refractivity contribution in [2.75, 3.05) is 6.61 Å². The lowest BCUT2D eigenvalue weighted by molar-refractivity contribution is -0.384. The molecule has 92 valence electrons. The first-order chi connectivity index (χ1) is 7.83. The van der Waals surface area contributed by atoms with Gasteiger partial charge in [0.15, 0.2) is 0 Å². The molecule has 7 nitrogen and oxygen atoms in total. The van der Waals surface area contributed by atoms with Crippen molar-refractivity contribution in [3.8, 4) is 5.75 Å². The van der Waals surface area contributed by atoms with Crippen LogP contribution in [0, 0.1) is 10.1 Å². The van der Waals surface area contributed by atoms with E-state index in [1.165, 1.54) is 31.2 Å². The maximum Gasteiger partial charge on any atom is 0.326 e. The van der Waals surface area contributed by atoms with Gasteiger partial charge in [0.2, 0.25) is 0 Å². The molecule has 7 heteroatoms. The molecule has 0 aliphatic carbocycles. The van der Waals surface area contributed by atoms with E-state index in [1.54, 1.807) is 0 Å². The first-order valence-corrected chi connectivity index (χ1v) is 4.72. The highest BCUT2D eigenvalue weighted by Gasteiger charge is 2.28. The van der Waals surface area contributed by atoms with Crippen molar-refractivity contribution in [2.45, 2.75) is 12.5 Å². The van der Waals surface area contributed by atoms with Gasteiger partial charge in [-0.05, 0) is 19.1 Å². The van der Waals surface area contributed by atoms with Gasteiger partial charge >= 0.3 is 5.97 Å². The molecule has 0 spiro atoms. The maximum atomic E-state index is 10.7. The van der Waals surface area contributed by atoms with E-state index in [-0.39, 0.29) is 12.3 Å². The Morgan fingerprint density at radius 2 is 2.06 bits per heavy atom. The van der Waals surface area contributed by atoms with Crippen molar-refractivity contribution in [3.05, 3.63) is 34.4 Å². The number of aliphatic carboxylic acids is 1. The Bertz CT molecular complexity index is 427. The number of ether oxygens (including phenoxy) is 1. The van der Waals surface area contributed by atoms with Crippen LogP contribution in [0.25, 0.3) is 0 Å². The van der Waals surface area contributed by atoms with Gasteiger partial charge in [0.05, 0.1) is 4.92 Å². The van der Waals surface area contributed by atoms with Gasteiger partial charge in [0.25, 0.3) is 5.69 Å². The average molecular weight is 240 g/mol. The van der Waals surface area contributed by atoms with Crippen LogP contribution in [0.2, 0.25) is 0 Å². The number of nitrogens with zero attached hydrogens (tertiary/aromatic N) is 1. The SMILES string of the molecule is CC(N)(COc1ccc([N+](=O)[O-])cc1)C(=O)O. The summed E-state index contributed by atoms with van der Waals surface area (Å²) in [6.07, 6.45) is 0. The normalized spacial score (nSPS) is 13.8. The summed E-state index contributed by atoms with van der Waals surface area (Å²) in [4.78, 5) is 20.5. The van der Waals surface area contributed by atoms with Crippen LogP contribution in [-0.4, -0.2) is 28.1 Å². The molecule has 3 N–H and O–H groups in total. The van der Waals surface area contributed by atoms with Crippen LogP contribution in [0.1, 0.15) is 6.92 Å². The van der Waals surface area contributed by atoms with Crippen LogP contribution in [0.4, 0.5) is 5.69 Å². The Morgan fingerprint density at radius 3 is 2.47 bits per heavy atom. The van der Waals surface area contributed by atoms with E-state index in [2.05, 4.69) is 0 Å². The molecule has 0 fully saturated rings. The largest absolute Gasteiger partial charge is 0.491 e. The standard InChI is InChI=1S/C10H12N2O5/c1-10(11,9(13)14)6-17-8-4-2-7(3-5-8)12(15)16/h2-5H,6,11H2,1H3,(H,13,14). The number of nitro groups is 1. The molecular weight excluding hydrogens is 228 g/mol. The van der Waals surface area contributed by atoms with Crippen molar-refractivity contribution in [3.63, 3.8) is 0 Å². The number of hydrogen-bond acceptors (Lipinski definition) is 5. The number of hydrogen-bond donors (Lipinski definition) is 2. The summed E-state index contributed by atoms with van der Waals surface area (Å²) in [7, 11) is 0. The summed E-state index contributed by atoms with van der Waals surface area (Å²) in [6, 6.07) is 5.31. The fourth-order valence-electron chi connectivity index (χ4n) is 0.959. The van der Waals surface area contributed by atoms with E-state index in [9.17, 15) is 14.9 Å². The average Bonchev–Trinajstić information content (AvgIpc) is 2.27. The van der Waals surface area contributed by atoms with Crippen molar-refractivity contribution in [2.24, 2.45) is 5.73 Å². The van der Waals surface area contributed by atoms with Crippen molar-refractivity contribution in [1.82, 2.24) is 0 Å². The molecule has 0 saturated heterocycles. The molecule has 1 aromatic carbocycles. The number of carbonyl (C=O) groups is 1. The quantitative estimate of drug-likeness (QED) is 0.580. The molecule has 0 bridgehead atoms. The summed E-state index contributed by atoms with van der Waals surface area (Å²) < 4.78 is 5.14. The van der Waals surface area contributed by atoms with E-state index in [0.29, 0.717) is 5.75 Å². The van der Waals surface area contributed by atoms with Crippen LogP contribution >= 0.6 is 0 Å². The third-order valence-corrected chi connectivity index (χ3v) is 2.07. The summed E-state index contributed by atoms with van der Waals surface area (Å²) in [5.41, 5.74) is 3.89. The molecule has 1 rings (SSSR count). The number of non-ortho nitro benzene ring substituents is 1. The van der Waals surface area contributed by atoms with Crippen LogP contribution in [-0.2, 0) is 4.79 Å². The third kappa shape index (κ3) is 3.42. The Labute approximate surface area is 97.0 Å².